The molecule has 0 atom stereocenters. The Morgan fingerprint density at radius 1 is 1.67 bits per heavy atom. The molecule has 1 N–H and O–H groups in total. The van der Waals surface area contributed by atoms with Gasteiger partial charge in [-0.1, -0.05) is 5.92 Å². The summed E-state index contributed by atoms with van der Waals surface area (Å²) in [4.78, 5) is 0. The highest BCUT2D eigenvalue weighted by Gasteiger charge is 1.97. The van der Waals surface area contributed by atoms with Crippen LogP contribution in [-0.2, 0) is 7.05 Å². The first kappa shape index (κ1) is 8.66. The molecule has 0 aliphatic rings. The minimum atomic E-state index is 0.660. The van der Waals surface area contributed by atoms with E-state index in [4.69, 9.17) is 0 Å². The van der Waals surface area contributed by atoms with E-state index < -0.39 is 0 Å². The van der Waals surface area contributed by atoms with Gasteiger partial charge in [-0.25, -0.2) is 0 Å². The van der Waals surface area contributed by atoms with Crippen molar-refractivity contribution in [2.75, 3.05) is 11.9 Å². The van der Waals surface area contributed by atoms with E-state index in [1.165, 1.54) is 0 Å². The summed E-state index contributed by atoms with van der Waals surface area (Å²) in [5.41, 5.74) is 1.14. The summed E-state index contributed by atoms with van der Waals surface area (Å²) >= 11 is 0. The van der Waals surface area contributed by atoms with Crippen LogP contribution in [0, 0.1) is 18.8 Å². The zero-order chi connectivity index (χ0) is 8.97. The van der Waals surface area contributed by atoms with Gasteiger partial charge in [0.2, 0.25) is 0 Å². The van der Waals surface area contributed by atoms with Gasteiger partial charge in [0, 0.05) is 18.8 Å². The number of aryl methyl sites for hydroxylation is 2. The molecule has 12 heavy (non-hydrogen) atoms. The van der Waals surface area contributed by atoms with E-state index in [1.807, 2.05) is 31.6 Å². The third kappa shape index (κ3) is 2.03. The summed E-state index contributed by atoms with van der Waals surface area (Å²) in [7, 11) is 1.92. The highest BCUT2D eigenvalue weighted by atomic mass is 15.3. The van der Waals surface area contributed by atoms with E-state index in [0.717, 1.165) is 11.5 Å². The van der Waals surface area contributed by atoms with Crippen molar-refractivity contribution in [3.63, 3.8) is 0 Å². The Kier molecular flexibility index (Phi) is 2.76. The maximum atomic E-state index is 4.22. The van der Waals surface area contributed by atoms with Crippen LogP contribution in [0.25, 0.3) is 0 Å². The molecule has 3 heteroatoms. The average molecular weight is 163 g/mol. The summed E-state index contributed by atoms with van der Waals surface area (Å²) in [5.74, 6) is 6.61. The molecule has 0 amide bonds. The standard InChI is InChI=1S/C9H13N3/c1-4-5-6-10-9-7-8(2)12(3)11-9/h7H,6H2,1-3H3,(H,10,11). The lowest BCUT2D eigenvalue weighted by Crippen LogP contribution is -2.00. The predicted molar refractivity (Wildman–Crippen MR) is 49.9 cm³/mol. The topological polar surface area (TPSA) is 29.9 Å². The molecular formula is C9H13N3. The highest BCUT2D eigenvalue weighted by molar-refractivity contribution is 5.36. The molecule has 1 heterocycles. The molecule has 1 aromatic heterocycles. The van der Waals surface area contributed by atoms with Crippen molar-refractivity contribution in [3.8, 4) is 11.8 Å². The highest BCUT2D eigenvalue weighted by Crippen LogP contribution is 2.05. The SMILES string of the molecule is CC#CCNc1cc(C)n(C)n1. The van der Waals surface area contributed by atoms with Gasteiger partial charge >= 0.3 is 0 Å². The van der Waals surface area contributed by atoms with Gasteiger partial charge in [-0.3, -0.25) is 4.68 Å². The van der Waals surface area contributed by atoms with Crippen LogP contribution in [0.5, 0.6) is 0 Å². The third-order valence-electron chi connectivity index (χ3n) is 1.65. The summed E-state index contributed by atoms with van der Waals surface area (Å²) in [6, 6.07) is 2.00. The van der Waals surface area contributed by atoms with Crippen LogP contribution >= 0.6 is 0 Å². The molecule has 3 nitrogen and oxygen atoms in total. The van der Waals surface area contributed by atoms with Crippen LogP contribution in [0.3, 0.4) is 0 Å². The first-order chi connectivity index (χ1) is 5.74. The van der Waals surface area contributed by atoms with Crippen molar-refractivity contribution in [3.05, 3.63) is 11.8 Å². The monoisotopic (exact) mass is 163 g/mol. The molecule has 0 unspecified atom stereocenters. The summed E-state index contributed by atoms with van der Waals surface area (Å²) in [6.45, 7) is 4.50. The van der Waals surface area contributed by atoms with Crippen molar-refractivity contribution in [2.24, 2.45) is 7.05 Å². The van der Waals surface area contributed by atoms with Crippen molar-refractivity contribution in [1.82, 2.24) is 9.78 Å². The number of aromatic nitrogens is 2. The van der Waals surface area contributed by atoms with E-state index in [1.54, 1.807) is 0 Å². The molecule has 0 saturated heterocycles. The van der Waals surface area contributed by atoms with Gasteiger partial charge in [-0.2, -0.15) is 5.10 Å². The normalized spacial score (nSPS) is 8.92. The molecule has 0 radical (unpaired) electrons. The lowest BCUT2D eigenvalue weighted by molar-refractivity contribution is 0.742. The number of anilines is 1. The Hall–Kier alpha value is -1.43. The smallest absolute Gasteiger partial charge is 0.149 e. The molecular weight excluding hydrogens is 150 g/mol. The lowest BCUT2D eigenvalue weighted by atomic mass is 10.4. The fourth-order valence-electron chi connectivity index (χ4n) is 0.870. The van der Waals surface area contributed by atoms with Crippen LogP contribution in [-0.4, -0.2) is 16.3 Å². The van der Waals surface area contributed by atoms with Crippen molar-refractivity contribution >= 4 is 5.82 Å². The van der Waals surface area contributed by atoms with Crippen molar-refractivity contribution in [2.45, 2.75) is 13.8 Å². The van der Waals surface area contributed by atoms with E-state index in [0.29, 0.717) is 6.54 Å². The Labute approximate surface area is 72.8 Å². The molecule has 0 saturated carbocycles. The van der Waals surface area contributed by atoms with E-state index in [9.17, 15) is 0 Å². The second kappa shape index (κ2) is 3.82. The van der Waals surface area contributed by atoms with Gasteiger partial charge in [0.15, 0.2) is 0 Å². The van der Waals surface area contributed by atoms with Crippen LogP contribution in [0.2, 0.25) is 0 Å². The van der Waals surface area contributed by atoms with Crippen LogP contribution in [0.1, 0.15) is 12.6 Å². The Bertz CT molecular complexity index is 295. The summed E-state index contributed by atoms with van der Waals surface area (Å²) in [5, 5.41) is 7.32. The number of hydrogen-bond acceptors (Lipinski definition) is 2. The molecule has 0 aliphatic heterocycles. The Morgan fingerprint density at radius 2 is 2.42 bits per heavy atom. The molecule has 0 aliphatic carbocycles. The first-order valence-electron chi connectivity index (χ1n) is 3.88. The van der Waals surface area contributed by atoms with Crippen molar-refractivity contribution in [1.29, 1.82) is 0 Å². The van der Waals surface area contributed by atoms with Gasteiger partial charge < -0.3 is 5.32 Å². The van der Waals surface area contributed by atoms with E-state index in [-0.39, 0.29) is 0 Å². The number of rotatable bonds is 2. The molecule has 1 rings (SSSR count). The molecule has 0 fully saturated rings. The summed E-state index contributed by atoms with van der Waals surface area (Å²) < 4.78 is 1.84. The number of hydrogen-bond donors (Lipinski definition) is 1. The van der Waals surface area contributed by atoms with Gasteiger partial charge in [-0.15, -0.1) is 5.92 Å². The maximum Gasteiger partial charge on any atom is 0.149 e. The Morgan fingerprint density at radius 3 is 2.92 bits per heavy atom. The first-order valence-corrected chi connectivity index (χ1v) is 3.88. The van der Waals surface area contributed by atoms with Crippen LogP contribution < -0.4 is 5.32 Å². The molecule has 0 spiro atoms. The third-order valence-corrected chi connectivity index (χ3v) is 1.65. The fourth-order valence-corrected chi connectivity index (χ4v) is 0.870. The lowest BCUT2D eigenvalue weighted by Gasteiger charge is -1.93. The van der Waals surface area contributed by atoms with E-state index >= 15 is 0 Å². The summed E-state index contributed by atoms with van der Waals surface area (Å²) in [6.07, 6.45) is 0. The van der Waals surface area contributed by atoms with Gasteiger partial charge in [0.1, 0.15) is 5.82 Å². The molecule has 64 valence electrons. The average Bonchev–Trinajstić information content (AvgIpc) is 2.32. The quantitative estimate of drug-likeness (QED) is 0.663. The Balaban J connectivity index is 2.56. The van der Waals surface area contributed by atoms with Gasteiger partial charge in [0.25, 0.3) is 0 Å². The van der Waals surface area contributed by atoms with E-state index in [2.05, 4.69) is 22.3 Å². The second-order valence-corrected chi connectivity index (χ2v) is 2.57. The predicted octanol–water partition coefficient (Wildman–Crippen LogP) is 1.16. The van der Waals surface area contributed by atoms with Crippen LogP contribution in [0.15, 0.2) is 6.07 Å². The second-order valence-electron chi connectivity index (χ2n) is 2.57. The zero-order valence-electron chi connectivity index (χ0n) is 7.68. The fraction of sp³-hybridized carbons (Fsp3) is 0.444. The molecule has 1 aromatic rings. The van der Waals surface area contributed by atoms with Crippen molar-refractivity contribution < 1.29 is 0 Å². The van der Waals surface area contributed by atoms with Gasteiger partial charge in [-0.05, 0) is 13.8 Å². The number of nitrogens with one attached hydrogen (secondary N) is 1. The minimum absolute atomic E-state index is 0.660. The molecule has 0 bridgehead atoms. The zero-order valence-corrected chi connectivity index (χ0v) is 7.68. The number of nitrogens with zero attached hydrogens (tertiary/aromatic N) is 2. The van der Waals surface area contributed by atoms with Crippen LogP contribution in [0.4, 0.5) is 5.82 Å². The minimum Gasteiger partial charge on any atom is -0.358 e. The molecule has 0 aromatic carbocycles. The largest absolute Gasteiger partial charge is 0.358 e. The van der Waals surface area contributed by atoms with Gasteiger partial charge in [0.05, 0.1) is 6.54 Å². The maximum absolute atomic E-state index is 4.22.